The van der Waals surface area contributed by atoms with Crippen molar-refractivity contribution >= 4 is 23.2 Å². The van der Waals surface area contributed by atoms with E-state index < -0.39 is 0 Å². The molecule has 2 aliphatic rings. The Morgan fingerprint density at radius 1 is 1.05 bits per heavy atom. The molecule has 1 heterocycles. The third-order valence-electron chi connectivity index (χ3n) is 4.89. The number of nitrogens with one attached hydrogen (secondary N) is 1. The maximum absolute atomic E-state index is 6.36. The number of hydrogen-bond donors (Lipinski definition) is 1. The molecule has 1 N–H and O–H groups in total. The first-order valence-corrected chi connectivity index (χ1v) is 8.27. The van der Waals surface area contributed by atoms with Crippen LogP contribution < -0.4 is 5.32 Å². The van der Waals surface area contributed by atoms with Gasteiger partial charge in [0.2, 0.25) is 0 Å². The topological polar surface area (TPSA) is 12.0 Å². The zero-order valence-corrected chi connectivity index (χ0v) is 13.2. The van der Waals surface area contributed by atoms with E-state index in [4.69, 9.17) is 23.2 Å². The van der Waals surface area contributed by atoms with Gasteiger partial charge in [0.05, 0.1) is 0 Å². The zero-order chi connectivity index (χ0) is 14.4. The molecule has 2 aromatic carbocycles. The molecule has 0 aromatic heterocycles. The second-order valence-corrected chi connectivity index (χ2v) is 6.94. The molecule has 1 aliphatic heterocycles. The highest BCUT2D eigenvalue weighted by molar-refractivity contribution is 6.36. The highest BCUT2D eigenvalue weighted by Crippen LogP contribution is 2.43. The summed E-state index contributed by atoms with van der Waals surface area (Å²) in [7, 11) is 0. The van der Waals surface area contributed by atoms with E-state index in [1.165, 1.54) is 29.5 Å². The van der Waals surface area contributed by atoms with Crippen LogP contribution in [0, 0.1) is 5.92 Å². The first-order valence-electron chi connectivity index (χ1n) is 7.51. The fourth-order valence-electron chi connectivity index (χ4n) is 3.82. The lowest BCUT2D eigenvalue weighted by atomic mass is 9.86. The maximum Gasteiger partial charge on any atom is 0.0499 e. The van der Waals surface area contributed by atoms with Crippen LogP contribution in [0.3, 0.4) is 0 Å². The third kappa shape index (κ3) is 2.38. The molecule has 1 fully saturated rings. The maximum atomic E-state index is 6.36. The predicted molar refractivity (Wildman–Crippen MR) is 89.3 cm³/mol. The fourth-order valence-corrected chi connectivity index (χ4v) is 4.34. The second-order valence-electron chi connectivity index (χ2n) is 6.10. The zero-order valence-electron chi connectivity index (χ0n) is 11.7. The summed E-state index contributed by atoms with van der Waals surface area (Å²) >= 11 is 12.4. The molecule has 2 aromatic rings. The monoisotopic (exact) mass is 317 g/mol. The van der Waals surface area contributed by atoms with Crippen molar-refractivity contribution in [3.8, 4) is 11.1 Å². The summed E-state index contributed by atoms with van der Waals surface area (Å²) in [5.74, 6) is 1.48. The van der Waals surface area contributed by atoms with Gasteiger partial charge in [-0.2, -0.15) is 0 Å². The number of benzene rings is 2. The largest absolute Gasteiger partial charge is 0.316 e. The van der Waals surface area contributed by atoms with E-state index in [0.29, 0.717) is 10.9 Å². The highest BCUT2D eigenvalue weighted by Gasteiger charge is 2.34. The second kappa shape index (κ2) is 5.31. The molecule has 0 spiro atoms. The SMILES string of the molecule is Clc1ccc(-c2ccc3c(c2)[C@@H]2CNCC[C@@H]2C3)c(Cl)c1. The van der Waals surface area contributed by atoms with Gasteiger partial charge in [-0.1, -0.05) is 47.5 Å². The Morgan fingerprint density at radius 3 is 2.81 bits per heavy atom. The van der Waals surface area contributed by atoms with Gasteiger partial charge in [-0.25, -0.2) is 0 Å². The molecule has 0 amide bonds. The average Bonchev–Trinajstić information content (AvgIpc) is 2.85. The normalized spacial score (nSPS) is 23.7. The molecule has 1 saturated heterocycles. The lowest BCUT2D eigenvalue weighted by Gasteiger charge is -2.26. The van der Waals surface area contributed by atoms with Crippen molar-refractivity contribution in [3.05, 3.63) is 57.6 Å². The standard InChI is InChI=1S/C18H17Cl2N/c19-14-3-4-15(18(20)9-14)12-2-1-11-7-13-5-6-21-10-17(13)16(11)8-12/h1-4,8-9,13,17,21H,5-7,10H2/t13-,17-/m1/s1. The van der Waals surface area contributed by atoms with Crippen LogP contribution in [0.1, 0.15) is 23.5 Å². The number of rotatable bonds is 1. The Bertz CT molecular complexity index is 696. The van der Waals surface area contributed by atoms with Gasteiger partial charge in [0.25, 0.3) is 0 Å². The van der Waals surface area contributed by atoms with Gasteiger partial charge in [0, 0.05) is 22.2 Å². The molecule has 3 heteroatoms. The molecule has 1 aliphatic carbocycles. The Morgan fingerprint density at radius 2 is 1.95 bits per heavy atom. The Kier molecular flexibility index (Phi) is 3.45. The minimum absolute atomic E-state index is 0.666. The molecular weight excluding hydrogens is 301 g/mol. The van der Waals surface area contributed by atoms with E-state index >= 15 is 0 Å². The third-order valence-corrected chi connectivity index (χ3v) is 5.44. The van der Waals surface area contributed by atoms with Gasteiger partial charge < -0.3 is 5.32 Å². The molecule has 0 bridgehead atoms. The van der Waals surface area contributed by atoms with Crippen LogP contribution in [0.15, 0.2) is 36.4 Å². The smallest absolute Gasteiger partial charge is 0.0499 e. The van der Waals surface area contributed by atoms with Crippen LogP contribution in [0.2, 0.25) is 10.0 Å². The minimum atomic E-state index is 0.666. The lowest BCUT2D eigenvalue weighted by molar-refractivity contribution is 0.347. The molecular formula is C18H17Cl2N. The van der Waals surface area contributed by atoms with Crippen molar-refractivity contribution < 1.29 is 0 Å². The molecule has 108 valence electrons. The number of hydrogen-bond acceptors (Lipinski definition) is 1. The van der Waals surface area contributed by atoms with Gasteiger partial charge in [-0.3, -0.25) is 0 Å². The first-order chi connectivity index (χ1) is 10.2. The van der Waals surface area contributed by atoms with E-state index in [0.717, 1.165) is 29.6 Å². The molecule has 0 radical (unpaired) electrons. The summed E-state index contributed by atoms with van der Waals surface area (Å²) in [6.45, 7) is 2.26. The number of fused-ring (bicyclic) bond motifs is 3. The van der Waals surface area contributed by atoms with Crippen LogP contribution in [0.5, 0.6) is 0 Å². The van der Waals surface area contributed by atoms with Crippen LogP contribution in [-0.4, -0.2) is 13.1 Å². The van der Waals surface area contributed by atoms with Crippen molar-refractivity contribution in [2.75, 3.05) is 13.1 Å². The Labute approximate surface area is 135 Å². The molecule has 0 saturated carbocycles. The fraction of sp³-hybridized carbons (Fsp3) is 0.333. The molecule has 0 unspecified atom stereocenters. The van der Waals surface area contributed by atoms with E-state index in [1.54, 1.807) is 0 Å². The van der Waals surface area contributed by atoms with Crippen molar-refractivity contribution in [3.63, 3.8) is 0 Å². The van der Waals surface area contributed by atoms with Crippen LogP contribution in [0.4, 0.5) is 0 Å². The molecule has 21 heavy (non-hydrogen) atoms. The van der Waals surface area contributed by atoms with E-state index in [1.807, 2.05) is 18.2 Å². The van der Waals surface area contributed by atoms with Crippen LogP contribution in [-0.2, 0) is 6.42 Å². The van der Waals surface area contributed by atoms with Crippen LogP contribution in [0.25, 0.3) is 11.1 Å². The Hall–Kier alpha value is -1.02. The van der Waals surface area contributed by atoms with Gasteiger partial charge in [-0.15, -0.1) is 0 Å². The van der Waals surface area contributed by atoms with Crippen molar-refractivity contribution in [2.45, 2.75) is 18.8 Å². The molecule has 4 rings (SSSR count). The van der Waals surface area contributed by atoms with Crippen LogP contribution >= 0.6 is 23.2 Å². The number of piperidine rings is 1. The van der Waals surface area contributed by atoms with Gasteiger partial charge in [0.15, 0.2) is 0 Å². The van der Waals surface area contributed by atoms with Gasteiger partial charge in [0.1, 0.15) is 0 Å². The summed E-state index contributed by atoms with van der Waals surface area (Å²) in [6.07, 6.45) is 2.52. The lowest BCUT2D eigenvalue weighted by Crippen LogP contribution is -2.32. The van der Waals surface area contributed by atoms with Gasteiger partial charge >= 0.3 is 0 Å². The van der Waals surface area contributed by atoms with Crippen molar-refractivity contribution in [1.29, 1.82) is 0 Å². The quantitative estimate of drug-likeness (QED) is 0.788. The molecule has 2 atom stereocenters. The van der Waals surface area contributed by atoms with E-state index in [2.05, 4.69) is 23.5 Å². The highest BCUT2D eigenvalue weighted by atomic mass is 35.5. The van der Waals surface area contributed by atoms with Gasteiger partial charge in [-0.05, 0) is 60.0 Å². The summed E-state index contributed by atoms with van der Waals surface area (Å²) < 4.78 is 0. The summed E-state index contributed by atoms with van der Waals surface area (Å²) in [5, 5.41) is 4.93. The first kappa shape index (κ1) is 13.6. The van der Waals surface area contributed by atoms with Crippen molar-refractivity contribution in [1.82, 2.24) is 5.32 Å². The minimum Gasteiger partial charge on any atom is -0.316 e. The summed E-state index contributed by atoms with van der Waals surface area (Å²) in [4.78, 5) is 0. The molecule has 1 nitrogen and oxygen atoms in total. The van der Waals surface area contributed by atoms with E-state index in [9.17, 15) is 0 Å². The average molecular weight is 318 g/mol. The van der Waals surface area contributed by atoms with E-state index in [-0.39, 0.29) is 0 Å². The summed E-state index contributed by atoms with van der Waals surface area (Å²) in [5.41, 5.74) is 5.29. The van der Waals surface area contributed by atoms with Crippen molar-refractivity contribution in [2.24, 2.45) is 5.92 Å². The predicted octanol–water partition coefficient (Wildman–Crippen LogP) is 4.91. The Balaban J connectivity index is 1.76. The number of halogens is 2. The summed E-state index contributed by atoms with van der Waals surface area (Å²) in [6, 6.07) is 12.5.